The van der Waals surface area contributed by atoms with E-state index in [0.717, 1.165) is 32.4 Å². The van der Waals surface area contributed by atoms with Crippen molar-refractivity contribution in [2.24, 2.45) is 11.7 Å². The molecule has 0 aromatic heterocycles. The second-order valence-electron chi connectivity index (χ2n) is 6.40. The first kappa shape index (κ1) is 16.8. The monoisotopic (exact) mass is 288 g/mol. The van der Waals surface area contributed by atoms with Gasteiger partial charge in [-0.1, -0.05) is 32.1 Å². The number of nitrogens with two attached hydrogens (primary N) is 1. The first-order valence-electron chi connectivity index (χ1n) is 7.69. The molecule has 2 fully saturated rings. The molecule has 1 saturated carbocycles. The van der Waals surface area contributed by atoms with E-state index in [2.05, 4.69) is 11.8 Å². The third-order valence-corrected chi connectivity index (χ3v) is 4.72. The summed E-state index contributed by atoms with van der Waals surface area (Å²) in [4.78, 5) is 14.8. The highest BCUT2D eigenvalue weighted by Gasteiger charge is 2.39. The molecule has 19 heavy (non-hydrogen) atoms. The van der Waals surface area contributed by atoms with Crippen LogP contribution in [0.4, 0.5) is 0 Å². The van der Waals surface area contributed by atoms with Gasteiger partial charge < -0.3 is 10.6 Å². The van der Waals surface area contributed by atoms with E-state index in [0.29, 0.717) is 5.91 Å². The summed E-state index contributed by atoms with van der Waals surface area (Å²) in [6.07, 6.45) is 10.5. The Morgan fingerprint density at radius 2 is 1.63 bits per heavy atom. The fourth-order valence-corrected chi connectivity index (χ4v) is 3.45. The second kappa shape index (κ2) is 7.49. The highest BCUT2D eigenvalue weighted by molar-refractivity contribution is 5.85. The molecule has 1 saturated heterocycles. The lowest BCUT2D eigenvalue weighted by molar-refractivity contribution is -0.139. The van der Waals surface area contributed by atoms with Crippen molar-refractivity contribution < 1.29 is 4.79 Å². The maximum absolute atomic E-state index is 12.7. The van der Waals surface area contributed by atoms with Gasteiger partial charge in [0.2, 0.25) is 5.91 Å². The van der Waals surface area contributed by atoms with E-state index in [1.165, 1.54) is 38.5 Å². The second-order valence-corrected chi connectivity index (χ2v) is 6.40. The van der Waals surface area contributed by atoms with E-state index in [9.17, 15) is 4.79 Å². The lowest BCUT2D eigenvalue weighted by atomic mass is 9.74. The number of likely N-dealkylation sites (tertiary alicyclic amines) is 1. The molecule has 0 bridgehead atoms. The molecule has 112 valence electrons. The SMILES string of the molecule is CC1(N)CCCCC1C(=O)N1CCCCCCC1.Cl. The van der Waals surface area contributed by atoms with Crippen LogP contribution in [-0.2, 0) is 4.79 Å². The van der Waals surface area contributed by atoms with E-state index in [4.69, 9.17) is 5.73 Å². The summed E-state index contributed by atoms with van der Waals surface area (Å²) in [5.41, 5.74) is 6.07. The van der Waals surface area contributed by atoms with Crippen molar-refractivity contribution in [3.8, 4) is 0 Å². The Bertz CT molecular complexity index is 286. The van der Waals surface area contributed by atoms with E-state index < -0.39 is 0 Å². The van der Waals surface area contributed by atoms with Crippen LogP contribution in [0.1, 0.15) is 64.7 Å². The zero-order valence-corrected chi connectivity index (χ0v) is 13.0. The van der Waals surface area contributed by atoms with Gasteiger partial charge in [0.1, 0.15) is 0 Å². The molecule has 2 unspecified atom stereocenters. The molecule has 3 nitrogen and oxygen atoms in total. The van der Waals surface area contributed by atoms with Crippen molar-refractivity contribution in [2.45, 2.75) is 70.3 Å². The maximum atomic E-state index is 12.7. The Morgan fingerprint density at radius 1 is 1.05 bits per heavy atom. The van der Waals surface area contributed by atoms with Crippen LogP contribution in [0.25, 0.3) is 0 Å². The minimum Gasteiger partial charge on any atom is -0.342 e. The molecule has 4 heteroatoms. The molecule has 2 N–H and O–H groups in total. The highest BCUT2D eigenvalue weighted by atomic mass is 35.5. The number of hydrogen-bond acceptors (Lipinski definition) is 2. The van der Waals surface area contributed by atoms with Gasteiger partial charge in [0.25, 0.3) is 0 Å². The van der Waals surface area contributed by atoms with Crippen molar-refractivity contribution >= 4 is 18.3 Å². The predicted molar refractivity (Wildman–Crippen MR) is 81.5 cm³/mol. The molecular weight excluding hydrogens is 260 g/mol. The summed E-state index contributed by atoms with van der Waals surface area (Å²) in [5.74, 6) is 0.396. The summed E-state index contributed by atoms with van der Waals surface area (Å²) < 4.78 is 0. The quantitative estimate of drug-likeness (QED) is 0.806. The largest absolute Gasteiger partial charge is 0.342 e. The van der Waals surface area contributed by atoms with Crippen LogP contribution in [0.15, 0.2) is 0 Å². The van der Waals surface area contributed by atoms with Crippen LogP contribution in [0, 0.1) is 5.92 Å². The zero-order valence-electron chi connectivity index (χ0n) is 12.2. The standard InChI is InChI=1S/C15H28N2O.ClH/c1-15(16)10-6-5-9-13(15)14(18)17-11-7-3-2-4-8-12-17;/h13H,2-12,16H2,1H3;1H. The third-order valence-electron chi connectivity index (χ3n) is 4.72. The van der Waals surface area contributed by atoms with Crippen LogP contribution < -0.4 is 5.73 Å². The van der Waals surface area contributed by atoms with E-state index in [-0.39, 0.29) is 23.9 Å². The van der Waals surface area contributed by atoms with Crippen molar-refractivity contribution in [2.75, 3.05) is 13.1 Å². The zero-order chi connectivity index (χ0) is 13.0. The van der Waals surface area contributed by atoms with Gasteiger partial charge >= 0.3 is 0 Å². The predicted octanol–water partition coefficient (Wildman–Crippen LogP) is 3.11. The molecule has 1 amide bonds. The number of halogens is 1. The summed E-state index contributed by atoms with van der Waals surface area (Å²) in [6, 6.07) is 0. The maximum Gasteiger partial charge on any atom is 0.227 e. The number of carbonyl (C=O) groups is 1. The van der Waals surface area contributed by atoms with Crippen molar-refractivity contribution in [1.29, 1.82) is 0 Å². The average Bonchev–Trinajstić information content (AvgIpc) is 2.27. The molecule has 1 aliphatic heterocycles. The molecule has 0 spiro atoms. The number of rotatable bonds is 1. The first-order chi connectivity index (χ1) is 8.61. The van der Waals surface area contributed by atoms with E-state index >= 15 is 0 Å². The number of amides is 1. The third kappa shape index (κ3) is 4.35. The highest BCUT2D eigenvalue weighted by Crippen LogP contribution is 2.33. The fourth-order valence-electron chi connectivity index (χ4n) is 3.45. The van der Waals surface area contributed by atoms with Gasteiger partial charge in [0, 0.05) is 18.6 Å². The van der Waals surface area contributed by atoms with Crippen LogP contribution in [-0.4, -0.2) is 29.4 Å². The van der Waals surface area contributed by atoms with Gasteiger partial charge in [0.15, 0.2) is 0 Å². The lowest BCUT2D eigenvalue weighted by Crippen LogP contribution is -2.54. The Kier molecular flexibility index (Phi) is 6.61. The minimum atomic E-state index is -0.280. The Balaban J connectivity index is 0.00000180. The molecule has 0 aromatic rings. The molecule has 0 aromatic carbocycles. The lowest BCUT2D eigenvalue weighted by Gasteiger charge is -2.40. The van der Waals surface area contributed by atoms with Gasteiger partial charge in [0.05, 0.1) is 5.92 Å². The van der Waals surface area contributed by atoms with Crippen molar-refractivity contribution in [1.82, 2.24) is 4.90 Å². The Labute approximate surface area is 123 Å². The summed E-state index contributed by atoms with van der Waals surface area (Å²) in [5, 5.41) is 0. The van der Waals surface area contributed by atoms with Gasteiger partial charge in [-0.2, -0.15) is 0 Å². The summed E-state index contributed by atoms with van der Waals surface area (Å²) in [6.45, 7) is 3.97. The molecule has 2 atom stereocenters. The summed E-state index contributed by atoms with van der Waals surface area (Å²) >= 11 is 0. The molecule has 1 heterocycles. The van der Waals surface area contributed by atoms with Crippen molar-refractivity contribution in [3.05, 3.63) is 0 Å². The topological polar surface area (TPSA) is 46.3 Å². The smallest absolute Gasteiger partial charge is 0.227 e. The first-order valence-corrected chi connectivity index (χ1v) is 7.69. The van der Waals surface area contributed by atoms with Gasteiger partial charge in [-0.25, -0.2) is 0 Å². The van der Waals surface area contributed by atoms with E-state index in [1.807, 2.05) is 0 Å². The molecule has 2 rings (SSSR count). The summed E-state index contributed by atoms with van der Waals surface area (Å²) in [7, 11) is 0. The number of nitrogens with zero attached hydrogens (tertiary/aromatic N) is 1. The minimum absolute atomic E-state index is 0. The van der Waals surface area contributed by atoms with Gasteiger partial charge in [-0.3, -0.25) is 4.79 Å². The molecular formula is C15H29ClN2O. The fraction of sp³-hybridized carbons (Fsp3) is 0.933. The Hall–Kier alpha value is -0.280. The average molecular weight is 289 g/mol. The normalized spacial score (nSPS) is 32.9. The van der Waals surface area contributed by atoms with Crippen molar-refractivity contribution in [3.63, 3.8) is 0 Å². The van der Waals surface area contributed by atoms with Crippen LogP contribution >= 0.6 is 12.4 Å². The molecule has 0 radical (unpaired) electrons. The van der Waals surface area contributed by atoms with Gasteiger partial charge in [-0.15, -0.1) is 12.4 Å². The van der Waals surface area contributed by atoms with Gasteiger partial charge in [-0.05, 0) is 32.6 Å². The molecule has 2 aliphatic rings. The Morgan fingerprint density at radius 3 is 2.21 bits per heavy atom. The van der Waals surface area contributed by atoms with Crippen LogP contribution in [0.3, 0.4) is 0 Å². The van der Waals surface area contributed by atoms with Crippen LogP contribution in [0.2, 0.25) is 0 Å². The molecule has 1 aliphatic carbocycles. The number of hydrogen-bond donors (Lipinski definition) is 1. The van der Waals surface area contributed by atoms with Crippen LogP contribution in [0.5, 0.6) is 0 Å². The van der Waals surface area contributed by atoms with E-state index in [1.54, 1.807) is 0 Å². The number of carbonyl (C=O) groups excluding carboxylic acids is 1.